The van der Waals surface area contributed by atoms with Gasteiger partial charge in [-0.2, -0.15) is 0 Å². The van der Waals surface area contributed by atoms with E-state index in [0.29, 0.717) is 11.8 Å². The van der Waals surface area contributed by atoms with Gasteiger partial charge in [0.25, 0.3) is 0 Å². The number of nitrogens with two attached hydrogens (primary N) is 1. The minimum Gasteiger partial charge on any atom is -0.388 e. The average Bonchev–Trinajstić information content (AvgIpc) is 2.14. The van der Waals surface area contributed by atoms with E-state index >= 15 is 0 Å². The minimum atomic E-state index is 0.344. The normalized spacial score (nSPS) is 26.0. The summed E-state index contributed by atoms with van der Waals surface area (Å²) in [5, 5.41) is 10.5. The molecule has 0 saturated carbocycles. The van der Waals surface area contributed by atoms with E-state index in [1.165, 1.54) is 19.3 Å². The smallest absolute Gasteiger partial charge is 0.0908 e. The van der Waals surface area contributed by atoms with Gasteiger partial charge in [0, 0.05) is 6.42 Å². The van der Waals surface area contributed by atoms with Crippen LogP contribution in [0.15, 0.2) is 0 Å². The first-order valence-corrected chi connectivity index (χ1v) is 4.32. The van der Waals surface area contributed by atoms with Gasteiger partial charge in [-0.05, 0) is 38.3 Å². The van der Waals surface area contributed by atoms with E-state index in [4.69, 9.17) is 11.1 Å². The topological polar surface area (TPSA) is 61.9 Å². The van der Waals surface area contributed by atoms with Gasteiger partial charge in [0.15, 0.2) is 0 Å². The molecule has 1 atom stereocenters. The van der Waals surface area contributed by atoms with Crippen molar-refractivity contribution in [1.82, 2.24) is 5.32 Å². The molecule has 0 aromatic heterocycles. The Morgan fingerprint density at radius 3 is 3.00 bits per heavy atom. The summed E-state index contributed by atoms with van der Waals surface area (Å²) >= 11 is 0. The molecule has 0 amide bonds. The summed E-state index contributed by atoms with van der Waals surface area (Å²) < 4.78 is 0. The van der Waals surface area contributed by atoms with E-state index in [1.807, 2.05) is 0 Å². The molecule has 4 N–H and O–H groups in total. The van der Waals surface area contributed by atoms with Crippen molar-refractivity contribution in [3.63, 3.8) is 0 Å². The first-order chi connectivity index (χ1) is 5.29. The second-order valence-corrected chi connectivity index (χ2v) is 3.28. The van der Waals surface area contributed by atoms with Gasteiger partial charge >= 0.3 is 0 Å². The summed E-state index contributed by atoms with van der Waals surface area (Å²) in [7, 11) is 0. The molecule has 1 aliphatic heterocycles. The number of rotatable bonds is 2. The lowest BCUT2D eigenvalue weighted by Gasteiger charge is -2.11. The summed E-state index contributed by atoms with van der Waals surface area (Å²) in [4.78, 5) is 0. The minimum absolute atomic E-state index is 0.344. The van der Waals surface area contributed by atoms with Gasteiger partial charge < -0.3 is 11.1 Å². The molecular formula is C8H17N3. The Morgan fingerprint density at radius 2 is 2.27 bits per heavy atom. The average molecular weight is 155 g/mol. The third-order valence-electron chi connectivity index (χ3n) is 2.20. The highest BCUT2D eigenvalue weighted by Crippen LogP contribution is 2.16. The van der Waals surface area contributed by atoms with Crippen LogP contribution in [0.5, 0.6) is 0 Å². The highest BCUT2D eigenvalue weighted by molar-refractivity contribution is 5.77. The zero-order chi connectivity index (χ0) is 8.10. The van der Waals surface area contributed by atoms with E-state index in [2.05, 4.69) is 5.32 Å². The van der Waals surface area contributed by atoms with Gasteiger partial charge in [-0.1, -0.05) is 0 Å². The van der Waals surface area contributed by atoms with E-state index in [9.17, 15) is 0 Å². The Labute approximate surface area is 67.9 Å². The summed E-state index contributed by atoms with van der Waals surface area (Å²) in [5.41, 5.74) is 5.34. The fourth-order valence-corrected chi connectivity index (χ4v) is 1.61. The molecular weight excluding hydrogens is 138 g/mol. The molecule has 1 aliphatic rings. The van der Waals surface area contributed by atoms with E-state index in [-0.39, 0.29) is 0 Å². The van der Waals surface area contributed by atoms with Gasteiger partial charge in [0.1, 0.15) is 0 Å². The second-order valence-electron chi connectivity index (χ2n) is 3.28. The number of nitrogens with one attached hydrogen (secondary N) is 2. The monoisotopic (exact) mass is 155 g/mol. The Balaban J connectivity index is 2.25. The fourth-order valence-electron chi connectivity index (χ4n) is 1.61. The van der Waals surface area contributed by atoms with Gasteiger partial charge in [0.2, 0.25) is 0 Å². The Bertz CT molecular complexity index is 125. The molecule has 0 aromatic rings. The molecule has 1 rings (SSSR count). The van der Waals surface area contributed by atoms with Crippen molar-refractivity contribution in [2.24, 2.45) is 11.7 Å². The quantitative estimate of drug-likeness (QED) is 0.406. The lowest BCUT2D eigenvalue weighted by molar-refractivity contribution is 0.488. The highest BCUT2D eigenvalue weighted by atomic mass is 14.9. The maximum Gasteiger partial charge on any atom is 0.0908 e. The molecule has 0 spiro atoms. The summed E-state index contributed by atoms with van der Waals surface area (Å²) in [6.45, 7) is 2.23. The largest absolute Gasteiger partial charge is 0.388 e. The molecule has 1 fully saturated rings. The number of hydrogen-bond donors (Lipinski definition) is 3. The maximum absolute atomic E-state index is 7.16. The Hall–Kier alpha value is -0.570. The van der Waals surface area contributed by atoms with E-state index in [1.54, 1.807) is 0 Å². The molecule has 0 bridgehead atoms. The third kappa shape index (κ3) is 3.37. The summed E-state index contributed by atoms with van der Waals surface area (Å²) in [6.07, 6.45) is 4.44. The summed E-state index contributed by atoms with van der Waals surface area (Å²) in [6, 6.07) is 0. The second kappa shape index (κ2) is 4.34. The zero-order valence-corrected chi connectivity index (χ0v) is 6.90. The molecule has 64 valence electrons. The van der Waals surface area contributed by atoms with Crippen LogP contribution in [0.25, 0.3) is 0 Å². The van der Waals surface area contributed by atoms with Crippen molar-refractivity contribution in [3.8, 4) is 0 Å². The predicted molar refractivity (Wildman–Crippen MR) is 46.7 cm³/mol. The van der Waals surface area contributed by atoms with E-state index < -0.39 is 0 Å². The van der Waals surface area contributed by atoms with Crippen molar-refractivity contribution >= 4 is 5.84 Å². The van der Waals surface area contributed by atoms with Crippen LogP contribution in [-0.2, 0) is 0 Å². The molecule has 0 aromatic carbocycles. The molecule has 0 aliphatic carbocycles. The van der Waals surface area contributed by atoms with Gasteiger partial charge in [0.05, 0.1) is 5.84 Å². The van der Waals surface area contributed by atoms with Gasteiger partial charge in [-0.15, -0.1) is 0 Å². The van der Waals surface area contributed by atoms with Crippen LogP contribution in [0, 0.1) is 11.3 Å². The molecule has 0 radical (unpaired) electrons. The molecule has 11 heavy (non-hydrogen) atoms. The lowest BCUT2D eigenvalue weighted by Crippen LogP contribution is -2.17. The zero-order valence-electron chi connectivity index (χ0n) is 6.90. The van der Waals surface area contributed by atoms with Gasteiger partial charge in [-0.25, -0.2) is 0 Å². The summed E-state index contributed by atoms with van der Waals surface area (Å²) in [5.74, 6) is 0.999. The van der Waals surface area contributed by atoms with Crippen LogP contribution in [-0.4, -0.2) is 18.9 Å². The van der Waals surface area contributed by atoms with Crippen molar-refractivity contribution in [3.05, 3.63) is 0 Å². The fraction of sp³-hybridized carbons (Fsp3) is 0.875. The van der Waals surface area contributed by atoms with Crippen molar-refractivity contribution < 1.29 is 0 Å². The highest BCUT2D eigenvalue weighted by Gasteiger charge is 2.11. The van der Waals surface area contributed by atoms with Crippen LogP contribution in [0.4, 0.5) is 0 Å². The third-order valence-corrected chi connectivity index (χ3v) is 2.20. The lowest BCUT2D eigenvalue weighted by atomic mass is 9.97. The molecule has 1 unspecified atom stereocenters. The van der Waals surface area contributed by atoms with Crippen molar-refractivity contribution in [2.45, 2.75) is 25.7 Å². The predicted octanol–water partition coefficient (Wildman–Crippen LogP) is 0.702. The van der Waals surface area contributed by atoms with Crippen LogP contribution < -0.4 is 11.1 Å². The SMILES string of the molecule is N=C(N)CC1CCCNCC1. The number of hydrogen-bond acceptors (Lipinski definition) is 2. The molecule has 3 nitrogen and oxygen atoms in total. The van der Waals surface area contributed by atoms with Crippen LogP contribution in [0.3, 0.4) is 0 Å². The maximum atomic E-state index is 7.16. The van der Waals surface area contributed by atoms with E-state index in [0.717, 1.165) is 19.5 Å². The Morgan fingerprint density at radius 1 is 1.45 bits per heavy atom. The van der Waals surface area contributed by atoms with Gasteiger partial charge in [-0.3, -0.25) is 5.41 Å². The number of amidine groups is 1. The first kappa shape index (κ1) is 8.53. The van der Waals surface area contributed by atoms with Crippen LogP contribution in [0.2, 0.25) is 0 Å². The standard InChI is InChI=1S/C8H17N3/c9-8(10)6-7-2-1-4-11-5-3-7/h7,11H,1-6H2,(H3,9,10). The van der Waals surface area contributed by atoms with Crippen LogP contribution >= 0.6 is 0 Å². The molecule has 1 heterocycles. The first-order valence-electron chi connectivity index (χ1n) is 4.32. The van der Waals surface area contributed by atoms with Crippen LogP contribution in [0.1, 0.15) is 25.7 Å². The Kier molecular flexibility index (Phi) is 3.36. The van der Waals surface area contributed by atoms with Crippen molar-refractivity contribution in [2.75, 3.05) is 13.1 Å². The van der Waals surface area contributed by atoms with Crippen molar-refractivity contribution in [1.29, 1.82) is 5.41 Å². The molecule has 1 saturated heterocycles. The molecule has 3 heteroatoms.